The van der Waals surface area contributed by atoms with Gasteiger partial charge in [-0.05, 0) is 6.92 Å². The molecule has 2 atom stereocenters. The second-order valence-corrected chi connectivity index (χ2v) is 5.03. The molecule has 0 aliphatic heterocycles. The van der Waals surface area contributed by atoms with Crippen molar-refractivity contribution < 1.29 is 9.53 Å². The van der Waals surface area contributed by atoms with Crippen LogP contribution < -0.4 is 5.69 Å². The van der Waals surface area contributed by atoms with Crippen molar-refractivity contribution in [2.75, 3.05) is 7.11 Å². The summed E-state index contributed by atoms with van der Waals surface area (Å²) >= 11 is 1.39. The maximum absolute atomic E-state index is 11.4. The van der Waals surface area contributed by atoms with Crippen LogP contribution in [0.4, 0.5) is 0 Å². The van der Waals surface area contributed by atoms with Crippen LogP contribution in [-0.2, 0) is 16.1 Å². The van der Waals surface area contributed by atoms with Gasteiger partial charge < -0.3 is 4.74 Å². The molecule has 1 aromatic heterocycles. The van der Waals surface area contributed by atoms with Gasteiger partial charge in [0.2, 0.25) is 0 Å². The van der Waals surface area contributed by atoms with E-state index in [-0.39, 0.29) is 22.8 Å². The van der Waals surface area contributed by atoms with E-state index in [1.54, 1.807) is 6.92 Å². The van der Waals surface area contributed by atoms with Gasteiger partial charge in [0.15, 0.2) is 5.16 Å². The van der Waals surface area contributed by atoms with Crippen molar-refractivity contribution in [3.05, 3.63) is 10.5 Å². The second kappa shape index (κ2) is 5.90. The smallest absolute Gasteiger partial charge is 0.343 e. The summed E-state index contributed by atoms with van der Waals surface area (Å²) < 4.78 is 6.22. The van der Waals surface area contributed by atoms with Gasteiger partial charge in [-0.2, -0.15) is 0 Å². The Balaban J connectivity index is 2.77. The largest absolute Gasteiger partial charge is 0.469 e. The number of methoxy groups -OCH3 is 1. The van der Waals surface area contributed by atoms with E-state index in [0.29, 0.717) is 11.7 Å². The highest BCUT2D eigenvalue weighted by atomic mass is 32.2. The summed E-state index contributed by atoms with van der Waals surface area (Å²) in [4.78, 5) is 22.7. The van der Waals surface area contributed by atoms with Crippen LogP contribution in [-0.4, -0.2) is 33.1 Å². The number of hydrogen-bond donors (Lipinski definition) is 1. The zero-order chi connectivity index (χ0) is 13.0. The van der Waals surface area contributed by atoms with Crippen LogP contribution in [0.1, 0.15) is 20.8 Å². The summed E-state index contributed by atoms with van der Waals surface area (Å²) in [5.74, 6) is -0.506. The van der Waals surface area contributed by atoms with Gasteiger partial charge >= 0.3 is 11.7 Å². The van der Waals surface area contributed by atoms with Crippen LogP contribution >= 0.6 is 11.8 Å². The van der Waals surface area contributed by atoms with Crippen molar-refractivity contribution in [2.24, 2.45) is 5.92 Å². The number of esters is 1. The van der Waals surface area contributed by atoms with E-state index < -0.39 is 0 Å². The number of carbonyl (C=O) groups is 1. The Kier molecular flexibility index (Phi) is 4.80. The van der Waals surface area contributed by atoms with Crippen molar-refractivity contribution in [3.63, 3.8) is 0 Å². The molecule has 1 aromatic rings. The predicted molar refractivity (Wildman–Crippen MR) is 65.0 cm³/mol. The maximum Gasteiger partial charge on any atom is 0.343 e. The molecule has 0 aromatic carbocycles. The summed E-state index contributed by atoms with van der Waals surface area (Å²) in [5.41, 5.74) is -0.229. The van der Waals surface area contributed by atoms with Crippen molar-refractivity contribution in [1.82, 2.24) is 14.8 Å². The molecule has 0 radical (unpaired) electrons. The number of aromatic nitrogens is 3. The molecular formula is C10H17N3O3S. The summed E-state index contributed by atoms with van der Waals surface area (Å²) in [6.45, 7) is 6.13. The molecule has 0 amide bonds. The number of aromatic amines is 1. The lowest BCUT2D eigenvalue weighted by Gasteiger charge is -2.16. The van der Waals surface area contributed by atoms with Crippen LogP contribution in [0.3, 0.4) is 0 Å². The highest BCUT2D eigenvalue weighted by molar-refractivity contribution is 7.99. The van der Waals surface area contributed by atoms with Crippen LogP contribution in [0.5, 0.6) is 0 Å². The Bertz CT molecular complexity index is 440. The standard InChI is InChI=1S/C10H17N3O3S/c1-5-13-9(15)11-12-10(13)17-7(3)6(2)8(14)16-4/h6-7H,5H2,1-4H3,(H,11,15). The maximum atomic E-state index is 11.4. The van der Waals surface area contributed by atoms with Gasteiger partial charge in [-0.15, -0.1) is 5.10 Å². The lowest BCUT2D eigenvalue weighted by atomic mass is 10.1. The molecule has 0 fully saturated rings. The molecule has 0 aliphatic rings. The molecule has 1 heterocycles. The lowest BCUT2D eigenvalue weighted by molar-refractivity contribution is -0.144. The van der Waals surface area contributed by atoms with Gasteiger partial charge in [0.25, 0.3) is 0 Å². The first-order chi connectivity index (χ1) is 8.01. The van der Waals surface area contributed by atoms with Crippen molar-refractivity contribution in [1.29, 1.82) is 0 Å². The number of rotatable bonds is 5. The monoisotopic (exact) mass is 259 g/mol. The van der Waals surface area contributed by atoms with Crippen LogP contribution in [0, 0.1) is 5.92 Å². The van der Waals surface area contributed by atoms with Gasteiger partial charge in [-0.1, -0.05) is 25.6 Å². The number of hydrogen-bond acceptors (Lipinski definition) is 5. The Labute approximate surface area is 104 Å². The van der Waals surface area contributed by atoms with E-state index in [1.165, 1.54) is 23.4 Å². The van der Waals surface area contributed by atoms with E-state index in [1.807, 2.05) is 13.8 Å². The molecule has 96 valence electrons. The minimum absolute atomic E-state index is 0.0112. The molecule has 0 saturated heterocycles. The first-order valence-electron chi connectivity index (χ1n) is 5.40. The molecule has 0 bridgehead atoms. The van der Waals surface area contributed by atoms with Gasteiger partial charge in [0, 0.05) is 11.8 Å². The number of H-pyrrole nitrogens is 1. The Hall–Kier alpha value is -1.24. The topological polar surface area (TPSA) is 77.0 Å². The quantitative estimate of drug-likeness (QED) is 0.627. The zero-order valence-corrected chi connectivity index (χ0v) is 11.2. The van der Waals surface area contributed by atoms with Gasteiger partial charge in [-0.25, -0.2) is 9.89 Å². The number of nitrogens with one attached hydrogen (secondary N) is 1. The van der Waals surface area contributed by atoms with E-state index in [2.05, 4.69) is 14.9 Å². The molecule has 17 heavy (non-hydrogen) atoms. The fourth-order valence-corrected chi connectivity index (χ4v) is 2.40. The Morgan fingerprint density at radius 3 is 2.76 bits per heavy atom. The van der Waals surface area contributed by atoms with Gasteiger partial charge in [-0.3, -0.25) is 9.36 Å². The van der Waals surface area contributed by atoms with Gasteiger partial charge in [0.1, 0.15) is 0 Å². The Morgan fingerprint density at radius 1 is 1.59 bits per heavy atom. The number of ether oxygens (including phenoxy) is 1. The molecule has 0 saturated carbocycles. The minimum Gasteiger partial charge on any atom is -0.469 e. The molecule has 0 aliphatic carbocycles. The minimum atomic E-state index is -0.258. The van der Waals surface area contributed by atoms with Crippen molar-refractivity contribution >= 4 is 17.7 Å². The third kappa shape index (κ3) is 3.12. The van der Waals surface area contributed by atoms with E-state index in [4.69, 9.17) is 0 Å². The van der Waals surface area contributed by atoms with E-state index in [9.17, 15) is 9.59 Å². The second-order valence-electron chi connectivity index (χ2n) is 3.69. The lowest BCUT2D eigenvalue weighted by Crippen LogP contribution is -2.23. The number of carbonyl (C=O) groups excluding carboxylic acids is 1. The fourth-order valence-electron chi connectivity index (χ4n) is 1.32. The van der Waals surface area contributed by atoms with E-state index in [0.717, 1.165) is 0 Å². The molecule has 2 unspecified atom stereocenters. The van der Waals surface area contributed by atoms with Crippen molar-refractivity contribution in [3.8, 4) is 0 Å². The van der Waals surface area contributed by atoms with Gasteiger partial charge in [0.05, 0.1) is 13.0 Å². The average molecular weight is 259 g/mol. The average Bonchev–Trinajstić information content (AvgIpc) is 2.67. The molecular weight excluding hydrogens is 242 g/mol. The fraction of sp³-hybridized carbons (Fsp3) is 0.700. The molecule has 7 heteroatoms. The van der Waals surface area contributed by atoms with Crippen molar-refractivity contribution in [2.45, 2.75) is 37.7 Å². The summed E-state index contributed by atoms with van der Waals surface area (Å²) in [7, 11) is 1.37. The predicted octanol–water partition coefficient (Wildman–Crippen LogP) is 0.881. The third-order valence-corrected chi connectivity index (χ3v) is 3.91. The Morgan fingerprint density at radius 2 is 2.24 bits per heavy atom. The summed E-state index contributed by atoms with van der Waals surface area (Å²) in [6.07, 6.45) is 0. The zero-order valence-electron chi connectivity index (χ0n) is 10.4. The van der Waals surface area contributed by atoms with E-state index >= 15 is 0 Å². The van der Waals surface area contributed by atoms with Crippen LogP contribution in [0.25, 0.3) is 0 Å². The highest BCUT2D eigenvalue weighted by Gasteiger charge is 2.23. The SMILES string of the molecule is CCn1c(SC(C)C(C)C(=O)OC)n[nH]c1=O. The number of thioether (sulfide) groups is 1. The highest BCUT2D eigenvalue weighted by Crippen LogP contribution is 2.26. The third-order valence-electron chi connectivity index (χ3n) is 2.61. The van der Waals surface area contributed by atoms with Crippen LogP contribution in [0.2, 0.25) is 0 Å². The summed E-state index contributed by atoms with van der Waals surface area (Å²) in [6, 6.07) is 0. The number of nitrogens with zero attached hydrogens (tertiary/aromatic N) is 2. The summed E-state index contributed by atoms with van der Waals surface area (Å²) in [5, 5.41) is 6.91. The molecule has 6 nitrogen and oxygen atoms in total. The first-order valence-corrected chi connectivity index (χ1v) is 6.28. The molecule has 0 spiro atoms. The first kappa shape index (κ1) is 13.8. The van der Waals surface area contributed by atoms with Crippen LogP contribution in [0.15, 0.2) is 9.95 Å². The normalized spacial score (nSPS) is 14.4. The molecule has 1 rings (SSSR count). The molecule has 1 N–H and O–H groups in total.